The molecule has 4 amide bonds. The number of phenolic OH excluding ortho intramolecular Hbond substituents is 1. The Hall–Kier alpha value is -3.55. The topological polar surface area (TPSA) is 187 Å². The molecular formula is C32H52N4O9. The van der Waals surface area contributed by atoms with Gasteiger partial charge in [0.25, 0.3) is 5.91 Å². The largest absolute Gasteiger partial charge is 0.508 e. The fourth-order valence-corrected chi connectivity index (χ4v) is 4.57. The van der Waals surface area contributed by atoms with Crippen LogP contribution in [0, 0.1) is 5.92 Å². The quantitative estimate of drug-likeness (QED) is 0.146. The van der Waals surface area contributed by atoms with Gasteiger partial charge in [0.1, 0.15) is 23.4 Å². The van der Waals surface area contributed by atoms with Gasteiger partial charge < -0.3 is 35.7 Å². The number of carbonyl (C=O) groups is 5. The fourth-order valence-electron chi connectivity index (χ4n) is 4.57. The number of nitrogens with one attached hydrogen (secondary N) is 2. The summed E-state index contributed by atoms with van der Waals surface area (Å²) in [7, 11) is 0. The van der Waals surface area contributed by atoms with Crippen molar-refractivity contribution in [3.8, 4) is 5.75 Å². The number of benzene rings is 1. The molecule has 13 nitrogen and oxygen atoms in total. The molecule has 5 N–H and O–H groups in total. The predicted molar refractivity (Wildman–Crippen MR) is 168 cm³/mol. The van der Waals surface area contributed by atoms with Crippen LogP contribution in [0.4, 0.5) is 0 Å². The Balaban J connectivity index is 3.14. The molecule has 1 aromatic carbocycles. The molecule has 0 aromatic heterocycles. The zero-order chi connectivity index (χ0) is 34.5. The van der Waals surface area contributed by atoms with Gasteiger partial charge in [-0.15, -0.1) is 0 Å². The highest BCUT2D eigenvalue weighted by Crippen LogP contribution is 2.20. The molecule has 45 heavy (non-hydrogen) atoms. The predicted octanol–water partition coefficient (Wildman–Crippen LogP) is 2.17. The van der Waals surface area contributed by atoms with E-state index in [1.54, 1.807) is 60.6 Å². The zero-order valence-electron chi connectivity index (χ0n) is 28.0. The van der Waals surface area contributed by atoms with Crippen molar-refractivity contribution in [1.29, 1.82) is 0 Å². The van der Waals surface area contributed by atoms with Gasteiger partial charge in [-0.3, -0.25) is 28.9 Å². The van der Waals surface area contributed by atoms with Gasteiger partial charge >= 0.3 is 5.97 Å². The van der Waals surface area contributed by atoms with Gasteiger partial charge in [-0.05, 0) is 71.6 Å². The Bertz CT molecular complexity index is 1130. The van der Waals surface area contributed by atoms with Crippen LogP contribution in [0.15, 0.2) is 24.3 Å². The van der Waals surface area contributed by atoms with Crippen molar-refractivity contribution in [3.05, 3.63) is 29.8 Å². The molecule has 1 aromatic rings. The van der Waals surface area contributed by atoms with Crippen molar-refractivity contribution < 1.29 is 43.3 Å². The standard InChI is InChI=1S/C32H52N4O9/c1-10-43-27(44-11-2)18-23(17-26(39)45-32(7,8)9)36(21(6)37)31(42)20(5)34-30(41)28(19(3)4)35-29(40)25(33)16-22-12-14-24(38)15-13-22/h12-15,19-20,23,25,27-28,38H,10-11,16-18,33H2,1-9H3,(H,34,41)(H,35,40)/t20-,23-,25-,28-/m0/s1. The Morgan fingerprint density at radius 1 is 0.933 bits per heavy atom. The molecule has 0 spiro atoms. The molecule has 0 radical (unpaired) electrons. The summed E-state index contributed by atoms with van der Waals surface area (Å²) in [6, 6.07) is 2.04. The highest BCUT2D eigenvalue weighted by atomic mass is 16.7. The second kappa shape index (κ2) is 18.4. The van der Waals surface area contributed by atoms with Crippen LogP contribution >= 0.6 is 0 Å². The van der Waals surface area contributed by atoms with Crippen LogP contribution in [-0.4, -0.2) is 88.9 Å². The van der Waals surface area contributed by atoms with E-state index in [2.05, 4.69) is 10.6 Å². The first kappa shape index (κ1) is 39.5. The van der Waals surface area contributed by atoms with Gasteiger partial charge in [0.2, 0.25) is 17.7 Å². The molecular weight excluding hydrogens is 584 g/mol. The monoisotopic (exact) mass is 636 g/mol. The molecule has 0 bridgehead atoms. The van der Waals surface area contributed by atoms with E-state index in [9.17, 15) is 29.1 Å². The molecule has 13 heteroatoms. The summed E-state index contributed by atoms with van der Waals surface area (Å²) in [5, 5.41) is 14.7. The number of aromatic hydroxyl groups is 1. The first-order valence-electron chi connectivity index (χ1n) is 15.3. The van der Waals surface area contributed by atoms with Crippen LogP contribution in [0.5, 0.6) is 5.75 Å². The Labute approximate surface area is 266 Å². The van der Waals surface area contributed by atoms with Gasteiger partial charge in [0, 0.05) is 26.6 Å². The van der Waals surface area contributed by atoms with Crippen LogP contribution in [0.3, 0.4) is 0 Å². The molecule has 4 atom stereocenters. The Kier molecular flexibility index (Phi) is 16.2. The molecule has 0 heterocycles. The van der Waals surface area contributed by atoms with E-state index in [0.717, 1.165) is 10.5 Å². The maximum Gasteiger partial charge on any atom is 0.308 e. The van der Waals surface area contributed by atoms with Crippen LogP contribution in [0.1, 0.15) is 80.7 Å². The molecule has 0 fully saturated rings. The van der Waals surface area contributed by atoms with Gasteiger partial charge in [-0.25, -0.2) is 0 Å². The molecule has 1 rings (SSSR count). The number of nitrogens with zero attached hydrogens (tertiary/aromatic N) is 1. The summed E-state index contributed by atoms with van der Waals surface area (Å²) in [5.74, 6) is -3.54. The molecule has 0 saturated carbocycles. The van der Waals surface area contributed by atoms with Gasteiger partial charge in [-0.1, -0.05) is 26.0 Å². The van der Waals surface area contributed by atoms with E-state index >= 15 is 0 Å². The first-order valence-corrected chi connectivity index (χ1v) is 15.3. The van der Waals surface area contributed by atoms with Crippen molar-refractivity contribution >= 4 is 29.6 Å². The number of phenols is 1. The van der Waals surface area contributed by atoms with Gasteiger partial charge in [-0.2, -0.15) is 0 Å². The summed E-state index contributed by atoms with van der Waals surface area (Å²) >= 11 is 0. The average Bonchev–Trinajstić information content (AvgIpc) is 2.91. The Morgan fingerprint density at radius 3 is 1.96 bits per heavy atom. The van der Waals surface area contributed by atoms with Crippen LogP contribution in [-0.2, 0) is 44.6 Å². The van der Waals surface area contributed by atoms with Gasteiger partial charge in [0.15, 0.2) is 6.29 Å². The highest BCUT2D eigenvalue weighted by Gasteiger charge is 2.37. The molecule has 0 aliphatic carbocycles. The highest BCUT2D eigenvalue weighted by molar-refractivity contribution is 6.00. The van der Waals surface area contributed by atoms with Crippen LogP contribution in [0.25, 0.3) is 0 Å². The lowest BCUT2D eigenvalue weighted by Gasteiger charge is -2.34. The minimum atomic E-state index is -1.20. The number of imide groups is 1. The van der Waals surface area contributed by atoms with E-state index in [0.29, 0.717) is 13.2 Å². The normalized spacial score (nSPS) is 14.3. The molecule has 0 saturated heterocycles. The van der Waals surface area contributed by atoms with Crippen LogP contribution in [0.2, 0.25) is 0 Å². The lowest BCUT2D eigenvalue weighted by Crippen LogP contribution is -2.59. The summed E-state index contributed by atoms with van der Waals surface area (Å²) in [6.45, 7) is 15.3. The average molecular weight is 637 g/mol. The van der Waals surface area contributed by atoms with E-state index in [-0.39, 0.29) is 30.9 Å². The van der Waals surface area contributed by atoms with Crippen molar-refractivity contribution in [2.45, 2.75) is 118 Å². The third kappa shape index (κ3) is 14.0. The first-order chi connectivity index (χ1) is 20.9. The third-order valence-corrected chi connectivity index (χ3v) is 6.64. The number of ether oxygens (including phenoxy) is 3. The van der Waals surface area contributed by atoms with Gasteiger partial charge in [0.05, 0.1) is 18.5 Å². The number of hydrogen-bond donors (Lipinski definition) is 4. The minimum absolute atomic E-state index is 0.00347. The number of hydrogen-bond acceptors (Lipinski definition) is 10. The van der Waals surface area contributed by atoms with Crippen molar-refractivity contribution in [2.24, 2.45) is 11.7 Å². The SMILES string of the molecule is CCOC(C[C@H](CC(=O)OC(C)(C)C)N(C(C)=O)C(=O)[C@H](C)NC(=O)[C@@H](NC(=O)[C@@H](N)Cc1ccc(O)cc1)C(C)C)OCC. The maximum absolute atomic E-state index is 13.7. The fraction of sp³-hybridized carbons (Fsp3) is 0.656. The molecule has 254 valence electrons. The second-order valence-corrected chi connectivity index (χ2v) is 12.2. The summed E-state index contributed by atoms with van der Waals surface area (Å²) in [6.07, 6.45) is -0.955. The van der Waals surface area contributed by atoms with Crippen molar-refractivity contribution in [1.82, 2.24) is 15.5 Å². The van der Waals surface area contributed by atoms with E-state index < -0.39 is 65.7 Å². The Morgan fingerprint density at radius 2 is 1.49 bits per heavy atom. The summed E-state index contributed by atoms with van der Waals surface area (Å²) in [5.41, 5.74) is 6.02. The molecule has 0 unspecified atom stereocenters. The van der Waals surface area contributed by atoms with Crippen LogP contribution < -0.4 is 16.4 Å². The van der Waals surface area contributed by atoms with Crippen molar-refractivity contribution in [3.63, 3.8) is 0 Å². The maximum atomic E-state index is 13.7. The molecule has 0 aliphatic heterocycles. The van der Waals surface area contributed by atoms with E-state index in [1.165, 1.54) is 26.0 Å². The summed E-state index contributed by atoms with van der Waals surface area (Å²) in [4.78, 5) is 66.6. The summed E-state index contributed by atoms with van der Waals surface area (Å²) < 4.78 is 16.7. The van der Waals surface area contributed by atoms with E-state index in [4.69, 9.17) is 19.9 Å². The lowest BCUT2D eigenvalue weighted by atomic mass is 10.0. The number of carbonyl (C=O) groups excluding carboxylic acids is 5. The number of esters is 1. The number of rotatable bonds is 17. The third-order valence-electron chi connectivity index (χ3n) is 6.64. The number of nitrogens with two attached hydrogens (primary N) is 1. The van der Waals surface area contributed by atoms with E-state index in [1.807, 2.05) is 0 Å². The molecule has 0 aliphatic rings. The lowest BCUT2D eigenvalue weighted by molar-refractivity contribution is -0.167. The second-order valence-electron chi connectivity index (χ2n) is 12.2. The smallest absolute Gasteiger partial charge is 0.308 e. The number of amides is 4. The van der Waals surface area contributed by atoms with Crippen molar-refractivity contribution in [2.75, 3.05) is 13.2 Å². The minimum Gasteiger partial charge on any atom is -0.508 e. The zero-order valence-corrected chi connectivity index (χ0v) is 28.0.